The van der Waals surface area contributed by atoms with Crippen LogP contribution in [0.15, 0.2) is 24.4 Å². The van der Waals surface area contributed by atoms with Crippen molar-refractivity contribution in [2.75, 3.05) is 39.3 Å². The molecular formula is C23H31N3O2. The fourth-order valence-electron chi connectivity index (χ4n) is 5.40. The highest BCUT2D eigenvalue weighted by Gasteiger charge is 2.33. The summed E-state index contributed by atoms with van der Waals surface area (Å²) in [5.41, 5.74) is 1.98. The first kappa shape index (κ1) is 18.0. The topological polar surface area (TPSA) is 37.7 Å². The van der Waals surface area contributed by atoms with Crippen molar-refractivity contribution in [1.29, 1.82) is 0 Å². The van der Waals surface area contributed by atoms with E-state index < -0.39 is 0 Å². The number of hydrogen-bond acceptors (Lipinski definition) is 3. The second kappa shape index (κ2) is 7.43. The molecule has 0 radical (unpaired) electrons. The molecule has 5 heteroatoms. The van der Waals surface area contributed by atoms with Crippen LogP contribution in [0, 0.1) is 5.92 Å². The lowest BCUT2D eigenvalue weighted by atomic mass is 9.83. The highest BCUT2D eigenvalue weighted by Crippen LogP contribution is 2.42. The minimum Gasteiger partial charge on any atom is -0.489 e. The van der Waals surface area contributed by atoms with Crippen LogP contribution >= 0.6 is 0 Å². The molecule has 28 heavy (non-hydrogen) atoms. The maximum atomic E-state index is 13.4. The second-order valence-electron chi connectivity index (χ2n) is 8.61. The van der Waals surface area contributed by atoms with E-state index in [1.54, 1.807) is 0 Å². The summed E-state index contributed by atoms with van der Waals surface area (Å²) in [4.78, 5) is 17.8. The minimum absolute atomic E-state index is 0.181. The van der Waals surface area contributed by atoms with Crippen molar-refractivity contribution in [2.24, 2.45) is 5.92 Å². The molecule has 0 N–H and O–H groups in total. The molecule has 5 nitrogen and oxygen atoms in total. The van der Waals surface area contributed by atoms with Gasteiger partial charge >= 0.3 is 0 Å². The summed E-state index contributed by atoms with van der Waals surface area (Å²) >= 11 is 0. The Bertz CT molecular complexity index is 860. The van der Waals surface area contributed by atoms with E-state index in [9.17, 15) is 4.79 Å². The Morgan fingerprint density at radius 3 is 2.64 bits per heavy atom. The highest BCUT2D eigenvalue weighted by atomic mass is 16.5. The van der Waals surface area contributed by atoms with Crippen molar-refractivity contribution < 1.29 is 9.53 Å². The van der Waals surface area contributed by atoms with Crippen LogP contribution in [0.5, 0.6) is 5.75 Å². The summed E-state index contributed by atoms with van der Waals surface area (Å²) < 4.78 is 8.56. The fourth-order valence-corrected chi connectivity index (χ4v) is 5.40. The van der Waals surface area contributed by atoms with Crippen molar-refractivity contribution >= 4 is 16.8 Å². The number of ether oxygens (including phenoxy) is 1. The number of carbonyl (C=O) groups excluding carboxylic acids is 1. The van der Waals surface area contributed by atoms with Crippen LogP contribution < -0.4 is 4.74 Å². The normalized spacial score (nSPS) is 23.8. The SMILES string of the molecule is CCN1CCN(C(=O)c2cn3c4c(cccc24)OC[C@H]3C2CCCCC2)CC1. The molecule has 1 aromatic heterocycles. The Labute approximate surface area is 167 Å². The second-order valence-corrected chi connectivity index (χ2v) is 8.61. The average Bonchev–Trinajstić information content (AvgIpc) is 3.15. The quantitative estimate of drug-likeness (QED) is 0.808. The maximum absolute atomic E-state index is 13.4. The Balaban J connectivity index is 1.49. The molecule has 1 amide bonds. The zero-order valence-electron chi connectivity index (χ0n) is 16.9. The van der Waals surface area contributed by atoms with Gasteiger partial charge in [-0.3, -0.25) is 4.79 Å². The van der Waals surface area contributed by atoms with Gasteiger partial charge in [0.05, 0.1) is 17.1 Å². The largest absolute Gasteiger partial charge is 0.489 e. The van der Waals surface area contributed by atoms with Gasteiger partial charge in [-0.05, 0) is 31.4 Å². The van der Waals surface area contributed by atoms with Crippen LogP contribution in [0.2, 0.25) is 0 Å². The van der Waals surface area contributed by atoms with E-state index in [-0.39, 0.29) is 5.91 Å². The van der Waals surface area contributed by atoms with E-state index in [2.05, 4.69) is 28.7 Å². The third-order valence-electron chi connectivity index (χ3n) is 7.11. The third kappa shape index (κ3) is 3.00. The Morgan fingerprint density at radius 1 is 1.11 bits per heavy atom. The van der Waals surface area contributed by atoms with E-state index in [4.69, 9.17) is 4.74 Å². The van der Waals surface area contributed by atoms with Crippen molar-refractivity contribution in [3.05, 3.63) is 30.0 Å². The lowest BCUT2D eigenvalue weighted by Gasteiger charge is -2.34. The molecule has 1 aliphatic carbocycles. The standard InChI is InChI=1S/C23H31N3O2/c1-2-24-11-13-25(14-12-24)23(27)19-15-26-20(17-7-4-3-5-8-17)16-28-21-10-6-9-18(19)22(21)26/h6,9-10,15,17,20H,2-5,7-8,11-14,16H2,1H3/t20-/m0/s1. The summed E-state index contributed by atoms with van der Waals surface area (Å²) in [6.07, 6.45) is 8.69. The molecule has 1 aromatic carbocycles. The first-order chi connectivity index (χ1) is 13.8. The molecule has 1 saturated carbocycles. The van der Waals surface area contributed by atoms with Gasteiger partial charge in [-0.25, -0.2) is 0 Å². The van der Waals surface area contributed by atoms with Gasteiger partial charge in [-0.1, -0.05) is 38.3 Å². The van der Waals surface area contributed by atoms with E-state index in [1.807, 2.05) is 17.0 Å². The number of hydrogen-bond donors (Lipinski definition) is 0. The van der Waals surface area contributed by atoms with Crippen molar-refractivity contribution in [3.8, 4) is 5.75 Å². The van der Waals surface area contributed by atoms with Gasteiger partial charge in [-0.15, -0.1) is 0 Å². The monoisotopic (exact) mass is 381 g/mol. The van der Waals surface area contributed by atoms with Gasteiger partial charge in [0, 0.05) is 37.8 Å². The first-order valence-corrected chi connectivity index (χ1v) is 11.0. The van der Waals surface area contributed by atoms with Crippen LogP contribution in [0.25, 0.3) is 10.9 Å². The molecule has 1 atom stereocenters. The number of rotatable bonds is 3. The number of aromatic nitrogens is 1. The zero-order valence-corrected chi connectivity index (χ0v) is 16.9. The Morgan fingerprint density at radius 2 is 1.89 bits per heavy atom. The number of benzene rings is 1. The smallest absolute Gasteiger partial charge is 0.256 e. The van der Waals surface area contributed by atoms with E-state index in [0.717, 1.165) is 61.5 Å². The maximum Gasteiger partial charge on any atom is 0.256 e. The number of amides is 1. The van der Waals surface area contributed by atoms with Crippen molar-refractivity contribution in [1.82, 2.24) is 14.4 Å². The summed E-state index contributed by atoms with van der Waals surface area (Å²) in [7, 11) is 0. The Kier molecular flexibility index (Phi) is 4.79. The molecule has 5 rings (SSSR count). The molecule has 3 aliphatic rings. The number of piperazine rings is 1. The third-order valence-corrected chi connectivity index (χ3v) is 7.11. The van der Waals surface area contributed by atoms with Gasteiger partial charge in [-0.2, -0.15) is 0 Å². The van der Waals surface area contributed by atoms with Crippen LogP contribution in [-0.2, 0) is 0 Å². The lowest BCUT2D eigenvalue weighted by molar-refractivity contribution is 0.0644. The predicted octanol–water partition coefficient (Wildman–Crippen LogP) is 3.93. The first-order valence-electron chi connectivity index (χ1n) is 11.0. The zero-order chi connectivity index (χ0) is 19.1. The van der Waals surface area contributed by atoms with Gasteiger partial charge in [0.2, 0.25) is 0 Å². The van der Waals surface area contributed by atoms with Crippen molar-refractivity contribution in [2.45, 2.75) is 45.1 Å². The van der Waals surface area contributed by atoms with Crippen LogP contribution in [-0.4, -0.2) is 59.6 Å². The summed E-state index contributed by atoms with van der Waals surface area (Å²) in [5, 5.41) is 1.06. The highest BCUT2D eigenvalue weighted by molar-refractivity contribution is 6.08. The summed E-state index contributed by atoms with van der Waals surface area (Å²) in [6.45, 7) is 7.57. The summed E-state index contributed by atoms with van der Waals surface area (Å²) in [6, 6.07) is 6.52. The molecule has 0 bridgehead atoms. The van der Waals surface area contributed by atoms with E-state index in [0.29, 0.717) is 12.0 Å². The van der Waals surface area contributed by atoms with Gasteiger partial charge in [0.15, 0.2) is 0 Å². The predicted molar refractivity (Wildman–Crippen MR) is 111 cm³/mol. The number of para-hydroxylation sites is 1. The van der Waals surface area contributed by atoms with Crippen molar-refractivity contribution in [3.63, 3.8) is 0 Å². The van der Waals surface area contributed by atoms with Gasteiger partial charge in [0.25, 0.3) is 5.91 Å². The summed E-state index contributed by atoms with van der Waals surface area (Å²) in [5.74, 6) is 1.77. The molecule has 0 spiro atoms. The molecule has 2 aromatic rings. The van der Waals surface area contributed by atoms with E-state index >= 15 is 0 Å². The fraction of sp³-hybridized carbons (Fsp3) is 0.609. The molecule has 2 aliphatic heterocycles. The molecule has 3 heterocycles. The van der Waals surface area contributed by atoms with Crippen LogP contribution in [0.4, 0.5) is 0 Å². The molecule has 2 fully saturated rings. The van der Waals surface area contributed by atoms with Crippen LogP contribution in [0.3, 0.4) is 0 Å². The van der Waals surface area contributed by atoms with Gasteiger partial charge < -0.3 is 19.1 Å². The van der Waals surface area contributed by atoms with Crippen LogP contribution in [0.1, 0.15) is 55.4 Å². The molecule has 0 unspecified atom stereocenters. The molecule has 150 valence electrons. The van der Waals surface area contributed by atoms with E-state index in [1.165, 1.54) is 32.1 Å². The number of carbonyl (C=O) groups is 1. The number of nitrogens with zero attached hydrogens (tertiary/aromatic N) is 3. The van der Waals surface area contributed by atoms with Gasteiger partial charge in [0.1, 0.15) is 12.4 Å². The molecule has 1 saturated heterocycles. The number of likely N-dealkylation sites (N-methyl/N-ethyl adjacent to an activating group) is 1. The minimum atomic E-state index is 0.181. The molecular weight excluding hydrogens is 350 g/mol. The Hall–Kier alpha value is -2.01. The average molecular weight is 382 g/mol. The lowest BCUT2D eigenvalue weighted by Crippen LogP contribution is -2.48.